The molecule has 1 aliphatic heterocycles. The van der Waals surface area contributed by atoms with E-state index in [1.54, 1.807) is 24.9 Å². The summed E-state index contributed by atoms with van der Waals surface area (Å²) in [5, 5.41) is 6.71. The summed E-state index contributed by atoms with van der Waals surface area (Å²) in [6.45, 7) is 6.88. The van der Waals surface area contributed by atoms with Gasteiger partial charge in [0.1, 0.15) is 5.82 Å². The van der Waals surface area contributed by atoms with E-state index in [-0.39, 0.29) is 29.8 Å². The van der Waals surface area contributed by atoms with Crippen LogP contribution in [0.25, 0.3) is 0 Å². The number of piperazine rings is 1. The van der Waals surface area contributed by atoms with Gasteiger partial charge in [-0.05, 0) is 47.7 Å². The van der Waals surface area contributed by atoms with Crippen molar-refractivity contribution in [2.45, 2.75) is 25.4 Å². The molecule has 1 saturated heterocycles. The van der Waals surface area contributed by atoms with Crippen LogP contribution in [0.5, 0.6) is 0 Å². The highest BCUT2D eigenvalue weighted by Gasteiger charge is 2.13. The molecule has 0 unspecified atom stereocenters. The Morgan fingerprint density at radius 3 is 2.28 bits per heavy atom. The Labute approximate surface area is 213 Å². The maximum atomic E-state index is 13.5. The Kier molecular flexibility index (Phi) is 11.8. The molecule has 2 N–H and O–H groups in total. The van der Waals surface area contributed by atoms with E-state index in [0.29, 0.717) is 13.1 Å². The first-order valence-electron chi connectivity index (χ1n) is 10.8. The Bertz CT molecular complexity index is 854. The molecule has 8 heteroatoms. The van der Waals surface area contributed by atoms with Crippen molar-refractivity contribution in [1.29, 1.82) is 0 Å². The minimum absolute atomic E-state index is 0. The van der Waals surface area contributed by atoms with Gasteiger partial charge < -0.3 is 15.5 Å². The summed E-state index contributed by atoms with van der Waals surface area (Å²) in [6, 6.07) is 13.8. The fourth-order valence-corrected chi connectivity index (χ4v) is 4.25. The molecule has 1 aliphatic rings. The fourth-order valence-electron chi connectivity index (χ4n) is 3.67. The normalized spacial score (nSPS) is 15.3. The van der Waals surface area contributed by atoms with E-state index < -0.39 is 0 Å². The van der Waals surface area contributed by atoms with Crippen molar-refractivity contribution >= 4 is 41.7 Å². The van der Waals surface area contributed by atoms with E-state index in [4.69, 9.17) is 0 Å². The lowest BCUT2D eigenvalue weighted by Crippen LogP contribution is -2.43. The maximum Gasteiger partial charge on any atom is 0.191 e. The summed E-state index contributed by atoms with van der Waals surface area (Å²) in [4.78, 5) is 9.21. The van der Waals surface area contributed by atoms with Crippen molar-refractivity contribution in [1.82, 2.24) is 20.4 Å². The highest BCUT2D eigenvalue weighted by atomic mass is 127. The summed E-state index contributed by atoms with van der Waals surface area (Å²) in [5.74, 6) is 1.34. The van der Waals surface area contributed by atoms with E-state index in [1.165, 1.54) is 17.2 Å². The predicted octanol–water partition coefficient (Wildman–Crippen LogP) is 3.92. The Balaban J connectivity index is 0.00000363. The van der Waals surface area contributed by atoms with E-state index in [2.05, 4.69) is 56.7 Å². The van der Waals surface area contributed by atoms with Crippen molar-refractivity contribution in [3.8, 4) is 0 Å². The van der Waals surface area contributed by atoms with Crippen molar-refractivity contribution in [3.63, 3.8) is 0 Å². The van der Waals surface area contributed by atoms with Crippen LogP contribution in [0.1, 0.15) is 22.3 Å². The smallest absolute Gasteiger partial charge is 0.191 e. The molecule has 0 spiro atoms. The molecule has 0 bridgehead atoms. The molecule has 1 fully saturated rings. The first kappa shape index (κ1) is 26.9. The van der Waals surface area contributed by atoms with Gasteiger partial charge in [-0.3, -0.25) is 9.89 Å². The summed E-state index contributed by atoms with van der Waals surface area (Å²) < 4.78 is 13.5. The second-order valence-corrected chi connectivity index (χ2v) is 8.89. The molecule has 2 aromatic rings. The Hall–Kier alpha value is -1.36. The van der Waals surface area contributed by atoms with Crippen LogP contribution in [0.4, 0.5) is 4.39 Å². The van der Waals surface area contributed by atoms with Crippen LogP contribution >= 0.6 is 35.7 Å². The van der Waals surface area contributed by atoms with Crippen LogP contribution in [-0.4, -0.2) is 62.3 Å². The van der Waals surface area contributed by atoms with Gasteiger partial charge in [0.15, 0.2) is 5.96 Å². The van der Waals surface area contributed by atoms with Crippen LogP contribution in [-0.2, 0) is 25.4 Å². The third-order valence-corrected chi connectivity index (χ3v) is 6.22. The largest absolute Gasteiger partial charge is 0.352 e. The van der Waals surface area contributed by atoms with E-state index in [9.17, 15) is 4.39 Å². The lowest BCUT2D eigenvalue weighted by molar-refractivity contribution is 0.148. The van der Waals surface area contributed by atoms with Crippen LogP contribution in [0.2, 0.25) is 0 Å². The number of halogens is 2. The molecule has 0 aromatic heterocycles. The second kappa shape index (κ2) is 14.0. The molecular weight excluding hydrogens is 536 g/mol. The standard InChI is InChI=1S/C24H34FN5S.HI/c1-26-24(28-16-21-8-9-23(25)14-22(21)18-31-3)27-15-19-4-6-20(7-5-19)17-30-12-10-29(2)11-13-30;/h4-9,14H,10-13,15-18H2,1-3H3,(H2,26,27,28);1H. The van der Waals surface area contributed by atoms with Gasteiger partial charge >= 0.3 is 0 Å². The topological polar surface area (TPSA) is 42.9 Å². The molecule has 32 heavy (non-hydrogen) atoms. The van der Waals surface area contributed by atoms with Gasteiger partial charge in [0.2, 0.25) is 0 Å². The molecule has 0 aliphatic carbocycles. The lowest BCUT2D eigenvalue weighted by atomic mass is 10.1. The minimum atomic E-state index is -0.189. The van der Waals surface area contributed by atoms with Crippen LogP contribution in [0.15, 0.2) is 47.5 Å². The molecule has 0 atom stereocenters. The first-order chi connectivity index (χ1) is 15.1. The van der Waals surface area contributed by atoms with Crippen molar-refractivity contribution in [2.75, 3.05) is 46.5 Å². The summed E-state index contributed by atoms with van der Waals surface area (Å²) in [5.41, 5.74) is 4.68. The number of nitrogens with one attached hydrogen (secondary N) is 2. The molecular formula is C24H35FIN5S. The highest BCUT2D eigenvalue weighted by molar-refractivity contribution is 14.0. The number of guanidine groups is 1. The maximum absolute atomic E-state index is 13.5. The average molecular weight is 572 g/mol. The molecule has 1 heterocycles. The first-order valence-corrected chi connectivity index (χ1v) is 12.2. The zero-order valence-corrected chi connectivity index (χ0v) is 22.4. The third kappa shape index (κ3) is 8.53. The van der Waals surface area contributed by atoms with Gasteiger partial charge in [-0.25, -0.2) is 4.39 Å². The van der Waals surface area contributed by atoms with Gasteiger partial charge in [-0.1, -0.05) is 30.3 Å². The average Bonchev–Trinajstić information content (AvgIpc) is 2.78. The number of hydrogen-bond donors (Lipinski definition) is 2. The van der Waals surface area contributed by atoms with E-state index >= 15 is 0 Å². The Morgan fingerprint density at radius 1 is 0.969 bits per heavy atom. The number of nitrogens with zero attached hydrogens (tertiary/aromatic N) is 3. The second-order valence-electron chi connectivity index (χ2n) is 8.02. The molecule has 0 amide bonds. The highest BCUT2D eigenvalue weighted by Crippen LogP contribution is 2.16. The van der Waals surface area contributed by atoms with Crippen LogP contribution in [0, 0.1) is 5.82 Å². The lowest BCUT2D eigenvalue weighted by Gasteiger charge is -2.32. The monoisotopic (exact) mass is 571 g/mol. The van der Waals surface area contributed by atoms with E-state index in [1.807, 2.05) is 12.3 Å². The van der Waals surface area contributed by atoms with Crippen molar-refractivity contribution < 1.29 is 4.39 Å². The summed E-state index contributed by atoms with van der Waals surface area (Å²) >= 11 is 1.69. The number of likely N-dealkylation sites (N-methyl/N-ethyl adjacent to an activating group) is 1. The van der Waals surface area contributed by atoms with Crippen molar-refractivity contribution in [3.05, 3.63) is 70.5 Å². The molecule has 3 rings (SSSR count). The van der Waals surface area contributed by atoms with Crippen LogP contribution in [0.3, 0.4) is 0 Å². The molecule has 0 saturated carbocycles. The van der Waals surface area contributed by atoms with Gasteiger partial charge in [-0.15, -0.1) is 24.0 Å². The zero-order chi connectivity index (χ0) is 22.1. The number of rotatable bonds is 8. The van der Waals surface area contributed by atoms with Gasteiger partial charge in [0.25, 0.3) is 0 Å². The van der Waals surface area contributed by atoms with Crippen molar-refractivity contribution in [2.24, 2.45) is 4.99 Å². The predicted molar refractivity (Wildman–Crippen MR) is 145 cm³/mol. The van der Waals surface area contributed by atoms with Crippen LogP contribution < -0.4 is 10.6 Å². The van der Waals surface area contributed by atoms with Gasteiger partial charge in [0, 0.05) is 58.6 Å². The van der Waals surface area contributed by atoms with Gasteiger partial charge in [0.05, 0.1) is 0 Å². The number of thioether (sulfide) groups is 1. The molecule has 0 radical (unpaired) electrons. The number of aliphatic imine (C=N–C) groups is 1. The number of benzene rings is 2. The third-order valence-electron chi connectivity index (χ3n) is 5.62. The SMILES string of the molecule is CN=C(NCc1ccc(CN2CCN(C)CC2)cc1)NCc1ccc(F)cc1CSC.I. The van der Waals surface area contributed by atoms with Gasteiger partial charge in [-0.2, -0.15) is 11.8 Å². The fraction of sp³-hybridized carbons (Fsp3) is 0.458. The molecule has 176 valence electrons. The van der Waals surface area contributed by atoms with E-state index in [0.717, 1.165) is 55.6 Å². The minimum Gasteiger partial charge on any atom is -0.352 e. The molecule has 2 aromatic carbocycles. The molecule has 5 nitrogen and oxygen atoms in total. The zero-order valence-electron chi connectivity index (χ0n) is 19.2. The quantitative estimate of drug-likeness (QED) is 0.286. The number of hydrogen-bond acceptors (Lipinski definition) is 4. The summed E-state index contributed by atoms with van der Waals surface area (Å²) in [7, 11) is 3.95. The Morgan fingerprint density at radius 2 is 1.62 bits per heavy atom. The summed E-state index contributed by atoms with van der Waals surface area (Å²) in [6.07, 6.45) is 2.03.